The van der Waals surface area contributed by atoms with E-state index in [-0.39, 0.29) is 19.5 Å². The Hall–Kier alpha value is -1.79. The van der Waals surface area contributed by atoms with Gasteiger partial charge in [0.1, 0.15) is 0 Å². The third kappa shape index (κ3) is 5.51. The van der Waals surface area contributed by atoms with Crippen LogP contribution in [-0.4, -0.2) is 43.3 Å². The van der Waals surface area contributed by atoms with Crippen LogP contribution in [0.1, 0.15) is 26.7 Å². The summed E-state index contributed by atoms with van der Waals surface area (Å²) in [6, 6.07) is -0.500. The van der Waals surface area contributed by atoms with Gasteiger partial charge in [0.15, 0.2) is 0 Å². The molecule has 0 aliphatic rings. The second kappa shape index (κ2) is 7.52. The molecule has 7 heteroatoms. The van der Waals surface area contributed by atoms with E-state index in [1.165, 1.54) is 7.11 Å². The molecule has 0 radical (unpaired) electrons. The number of esters is 1. The van der Waals surface area contributed by atoms with E-state index < -0.39 is 23.4 Å². The minimum Gasteiger partial charge on any atom is -0.481 e. The highest BCUT2D eigenvalue weighted by molar-refractivity contribution is 5.78. The first-order valence-electron chi connectivity index (χ1n) is 5.67. The van der Waals surface area contributed by atoms with E-state index in [1.807, 2.05) is 0 Å². The van der Waals surface area contributed by atoms with Gasteiger partial charge in [0.2, 0.25) is 0 Å². The first kappa shape index (κ1) is 16.2. The van der Waals surface area contributed by atoms with Crippen LogP contribution in [0.2, 0.25) is 0 Å². The van der Waals surface area contributed by atoms with Crippen molar-refractivity contribution >= 4 is 18.0 Å². The number of aliphatic carboxylic acids is 1. The number of hydrogen-bond donors (Lipinski definition) is 3. The Kier molecular flexibility index (Phi) is 6.77. The summed E-state index contributed by atoms with van der Waals surface area (Å²) >= 11 is 0. The number of carbonyl (C=O) groups excluding carboxylic acids is 2. The fourth-order valence-electron chi connectivity index (χ4n) is 1.07. The van der Waals surface area contributed by atoms with E-state index in [4.69, 9.17) is 5.11 Å². The van der Waals surface area contributed by atoms with Crippen LogP contribution < -0.4 is 10.6 Å². The van der Waals surface area contributed by atoms with E-state index in [9.17, 15) is 14.4 Å². The summed E-state index contributed by atoms with van der Waals surface area (Å²) in [5.74, 6) is -1.38. The lowest BCUT2D eigenvalue weighted by molar-refractivity contribution is -0.147. The molecule has 0 aromatic rings. The highest BCUT2D eigenvalue weighted by Gasteiger charge is 2.31. The maximum atomic E-state index is 11.3. The number of nitrogens with one attached hydrogen (secondary N) is 2. The van der Waals surface area contributed by atoms with Gasteiger partial charge in [0, 0.05) is 13.1 Å². The minimum absolute atomic E-state index is 0.0306. The van der Waals surface area contributed by atoms with Crippen LogP contribution in [0.25, 0.3) is 0 Å². The van der Waals surface area contributed by atoms with Gasteiger partial charge in [-0.15, -0.1) is 0 Å². The molecule has 0 aromatic carbocycles. The molecule has 0 saturated heterocycles. The van der Waals surface area contributed by atoms with Gasteiger partial charge in [-0.3, -0.25) is 9.59 Å². The fourth-order valence-corrected chi connectivity index (χ4v) is 1.07. The molecule has 1 unspecified atom stereocenters. The van der Waals surface area contributed by atoms with Crippen LogP contribution in [0.15, 0.2) is 0 Å². The highest BCUT2D eigenvalue weighted by atomic mass is 16.5. The van der Waals surface area contributed by atoms with Gasteiger partial charge < -0.3 is 20.5 Å². The lowest BCUT2D eigenvalue weighted by Gasteiger charge is -2.23. The standard InChI is InChI=1S/C11H20N2O5/c1-4-11(2,9(15)16)7-13-10(17)12-6-5-8(14)18-3/h4-7H2,1-3H3,(H,15,16)(H2,12,13,17). The van der Waals surface area contributed by atoms with Gasteiger partial charge in [-0.05, 0) is 13.3 Å². The second-order valence-electron chi connectivity index (χ2n) is 4.15. The number of carbonyl (C=O) groups is 3. The van der Waals surface area contributed by atoms with Crippen molar-refractivity contribution in [1.82, 2.24) is 10.6 Å². The zero-order valence-corrected chi connectivity index (χ0v) is 10.9. The third-order valence-corrected chi connectivity index (χ3v) is 2.78. The predicted molar refractivity (Wildman–Crippen MR) is 64.1 cm³/mol. The average Bonchev–Trinajstić information content (AvgIpc) is 2.35. The Labute approximate surface area is 106 Å². The molecule has 0 heterocycles. The predicted octanol–water partition coefficient (Wildman–Crippen LogP) is 0.350. The first-order chi connectivity index (χ1) is 8.35. The number of methoxy groups -OCH3 is 1. The third-order valence-electron chi connectivity index (χ3n) is 2.78. The van der Waals surface area contributed by atoms with Gasteiger partial charge in [-0.2, -0.15) is 0 Å². The van der Waals surface area contributed by atoms with Crippen LogP contribution in [0.5, 0.6) is 0 Å². The van der Waals surface area contributed by atoms with Crippen molar-refractivity contribution in [1.29, 1.82) is 0 Å². The molecule has 1 atom stereocenters. The maximum Gasteiger partial charge on any atom is 0.314 e. The summed E-state index contributed by atoms with van der Waals surface area (Å²) in [4.78, 5) is 33.1. The van der Waals surface area contributed by atoms with E-state index in [0.29, 0.717) is 6.42 Å². The SMILES string of the molecule is CCC(C)(CNC(=O)NCCC(=O)OC)C(=O)O. The molecule has 0 spiro atoms. The van der Waals surface area contributed by atoms with E-state index in [1.54, 1.807) is 13.8 Å². The van der Waals surface area contributed by atoms with Crippen molar-refractivity contribution in [2.45, 2.75) is 26.7 Å². The number of carboxylic acids is 1. The Bertz CT molecular complexity index is 319. The fraction of sp³-hybridized carbons (Fsp3) is 0.727. The van der Waals surface area contributed by atoms with Gasteiger partial charge in [0.05, 0.1) is 18.9 Å². The Morgan fingerprint density at radius 3 is 2.33 bits per heavy atom. The van der Waals surface area contributed by atoms with Crippen LogP contribution in [0.3, 0.4) is 0 Å². The normalized spacial score (nSPS) is 13.3. The topological polar surface area (TPSA) is 105 Å². The number of urea groups is 1. The summed E-state index contributed by atoms with van der Waals surface area (Å²) in [5, 5.41) is 13.9. The van der Waals surface area contributed by atoms with E-state index in [0.717, 1.165) is 0 Å². The van der Waals surface area contributed by atoms with Crippen LogP contribution >= 0.6 is 0 Å². The molecular formula is C11H20N2O5. The molecule has 0 bridgehead atoms. The van der Waals surface area contributed by atoms with Crippen LogP contribution in [0.4, 0.5) is 4.79 Å². The molecule has 0 rings (SSSR count). The molecule has 0 fully saturated rings. The van der Waals surface area contributed by atoms with Crippen LogP contribution in [0, 0.1) is 5.41 Å². The second-order valence-corrected chi connectivity index (χ2v) is 4.15. The Morgan fingerprint density at radius 2 is 1.89 bits per heavy atom. The van der Waals surface area contributed by atoms with Gasteiger partial charge >= 0.3 is 18.0 Å². The van der Waals surface area contributed by atoms with Gasteiger partial charge in [-0.1, -0.05) is 6.92 Å². The summed E-state index contributed by atoms with van der Waals surface area (Å²) in [5.41, 5.74) is -0.986. The van der Waals surface area contributed by atoms with Crippen molar-refractivity contribution in [2.75, 3.05) is 20.2 Å². The maximum absolute atomic E-state index is 11.3. The molecule has 2 amide bonds. The lowest BCUT2D eigenvalue weighted by atomic mass is 9.88. The van der Waals surface area contributed by atoms with E-state index >= 15 is 0 Å². The minimum atomic E-state index is -0.986. The zero-order chi connectivity index (χ0) is 14.2. The zero-order valence-electron chi connectivity index (χ0n) is 10.9. The molecule has 0 aromatic heterocycles. The summed E-state index contributed by atoms with van der Waals surface area (Å²) in [6.07, 6.45) is 0.485. The molecular weight excluding hydrogens is 240 g/mol. The summed E-state index contributed by atoms with van der Waals surface area (Å²) in [7, 11) is 1.27. The number of carboxylic acid groups (broad SMARTS) is 1. The van der Waals surface area contributed by atoms with Crippen molar-refractivity contribution < 1.29 is 24.2 Å². The molecule has 0 saturated carbocycles. The summed E-state index contributed by atoms with van der Waals surface area (Å²) < 4.78 is 4.41. The summed E-state index contributed by atoms with van der Waals surface area (Å²) in [6.45, 7) is 3.48. The molecule has 7 nitrogen and oxygen atoms in total. The number of ether oxygens (including phenoxy) is 1. The Balaban J connectivity index is 3.96. The molecule has 0 aliphatic carbocycles. The first-order valence-corrected chi connectivity index (χ1v) is 5.67. The quantitative estimate of drug-likeness (QED) is 0.573. The number of hydrogen-bond acceptors (Lipinski definition) is 4. The molecule has 0 aliphatic heterocycles. The largest absolute Gasteiger partial charge is 0.481 e. The van der Waals surface area contributed by atoms with Crippen molar-refractivity contribution in [3.63, 3.8) is 0 Å². The van der Waals surface area contributed by atoms with Crippen molar-refractivity contribution in [2.24, 2.45) is 5.41 Å². The molecule has 18 heavy (non-hydrogen) atoms. The smallest absolute Gasteiger partial charge is 0.314 e. The number of rotatable bonds is 7. The molecule has 3 N–H and O–H groups in total. The van der Waals surface area contributed by atoms with Crippen molar-refractivity contribution in [3.8, 4) is 0 Å². The highest BCUT2D eigenvalue weighted by Crippen LogP contribution is 2.19. The van der Waals surface area contributed by atoms with Gasteiger partial charge in [0.25, 0.3) is 0 Å². The average molecular weight is 260 g/mol. The number of amides is 2. The molecule has 104 valence electrons. The van der Waals surface area contributed by atoms with Crippen LogP contribution in [-0.2, 0) is 14.3 Å². The monoisotopic (exact) mass is 260 g/mol. The van der Waals surface area contributed by atoms with E-state index in [2.05, 4.69) is 15.4 Å². The Morgan fingerprint density at radius 1 is 1.28 bits per heavy atom. The van der Waals surface area contributed by atoms with Crippen molar-refractivity contribution in [3.05, 3.63) is 0 Å². The van der Waals surface area contributed by atoms with Gasteiger partial charge in [-0.25, -0.2) is 4.79 Å². The lowest BCUT2D eigenvalue weighted by Crippen LogP contribution is -2.45.